The fraction of sp³-hybridized carbons (Fsp3) is 0.571. The molecule has 5 heteroatoms. The van der Waals surface area contributed by atoms with E-state index in [1.165, 1.54) is 10.4 Å². The Kier molecular flexibility index (Phi) is 2.98. The Morgan fingerprint density at radius 2 is 2.26 bits per heavy atom. The smallest absolute Gasteiger partial charge is 0.260 e. The van der Waals surface area contributed by atoms with Gasteiger partial charge in [-0.2, -0.15) is 0 Å². The second-order valence-electron chi connectivity index (χ2n) is 5.79. The van der Waals surface area contributed by atoms with Gasteiger partial charge in [0.05, 0.1) is 10.8 Å². The van der Waals surface area contributed by atoms with E-state index in [4.69, 9.17) is 11.6 Å². The predicted octanol–water partition coefficient (Wildman–Crippen LogP) is 3.90. The van der Waals surface area contributed by atoms with Gasteiger partial charge in [0.1, 0.15) is 10.7 Å². The molecule has 102 valence electrons. The number of halogens is 1. The number of rotatable bonds is 2. The molecule has 0 bridgehead atoms. The van der Waals surface area contributed by atoms with Crippen molar-refractivity contribution in [1.82, 2.24) is 9.97 Å². The van der Waals surface area contributed by atoms with Crippen molar-refractivity contribution in [3.8, 4) is 0 Å². The first-order valence-electron chi connectivity index (χ1n) is 6.64. The molecule has 0 saturated heterocycles. The lowest BCUT2D eigenvalue weighted by molar-refractivity contribution is 0.525. The van der Waals surface area contributed by atoms with Gasteiger partial charge >= 0.3 is 0 Å². The molecule has 0 fully saturated rings. The van der Waals surface area contributed by atoms with Gasteiger partial charge in [0, 0.05) is 4.88 Å². The van der Waals surface area contributed by atoms with Crippen molar-refractivity contribution in [2.75, 3.05) is 0 Å². The molecule has 0 saturated carbocycles. The van der Waals surface area contributed by atoms with Gasteiger partial charge in [-0.05, 0) is 30.2 Å². The standard InChI is InChI=1S/C14H17ClN2OS/c1-4-7(15)11-16-12(18)9-10-8(19-13(9)17-11)5-6-14(10,2)3/h7H,4-6H2,1-3H3,(H,16,17,18). The van der Waals surface area contributed by atoms with Crippen molar-refractivity contribution in [3.05, 3.63) is 26.6 Å². The number of hydrogen-bond donors (Lipinski definition) is 1. The summed E-state index contributed by atoms with van der Waals surface area (Å²) in [5.74, 6) is 0.597. The molecule has 1 N–H and O–H groups in total. The van der Waals surface area contributed by atoms with E-state index >= 15 is 0 Å². The number of aromatic nitrogens is 2. The number of nitrogens with zero attached hydrogens (tertiary/aromatic N) is 1. The van der Waals surface area contributed by atoms with E-state index in [9.17, 15) is 4.79 Å². The van der Waals surface area contributed by atoms with Crippen LogP contribution in [0.4, 0.5) is 0 Å². The van der Waals surface area contributed by atoms with Crippen molar-refractivity contribution >= 4 is 33.2 Å². The Bertz CT molecular complexity index is 701. The Labute approximate surface area is 121 Å². The third kappa shape index (κ3) is 1.93. The van der Waals surface area contributed by atoms with Gasteiger partial charge in [0.25, 0.3) is 5.56 Å². The second-order valence-corrected chi connectivity index (χ2v) is 7.40. The van der Waals surface area contributed by atoms with E-state index < -0.39 is 0 Å². The lowest BCUT2D eigenvalue weighted by Gasteiger charge is -2.17. The van der Waals surface area contributed by atoms with E-state index in [2.05, 4.69) is 23.8 Å². The summed E-state index contributed by atoms with van der Waals surface area (Å²) in [4.78, 5) is 22.0. The molecule has 1 unspecified atom stereocenters. The van der Waals surface area contributed by atoms with Crippen LogP contribution in [0.15, 0.2) is 4.79 Å². The maximum Gasteiger partial charge on any atom is 0.260 e. The number of alkyl halides is 1. The Morgan fingerprint density at radius 3 is 2.95 bits per heavy atom. The van der Waals surface area contributed by atoms with Gasteiger partial charge in [-0.1, -0.05) is 20.8 Å². The first kappa shape index (κ1) is 13.1. The zero-order valence-corrected chi connectivity index (χ0v) is 12.9. The van der Waals surface area contributed by atoms with E-state index in [0.717, 1.165) is 29.5 Å². The quantitative estimate of drug-likeness (QED) is 0.854. The van der Waals surface area contributed by atoms with Crippen molar-refractivity contribution in [1.29, 1.82) is 0 Å². The van der Waals surface area contributed by atoms with Gasteiger partial charge in [-0.3, -0.25) is 4.79 Å². The summed E-state index contributed by atoms with van der Waals surface area (Å²) in [6.45, 7) is 6.39. The maximum atomic E-state index is 12.4. The lowest BCUT2D eigenvalue weighted by Crippen LogP contribution is -2.18. The molecule has 1 aliphatic carbocycles. The topological polar surface area (TPSA) is 45.8 Å². The van der Waals surface area contributed by atoms with Crippen LogP contribution in [-0.4, -0.2) is 9.97 Å². The molecule has 1 aliphatic rings. The van der Waals surface area contributed by atoms with Crippen LogP contribution in [0.3, 0.4) is 0 Å². The van der Waals surface area contributed by atoms with Crippen LogP contribution >= 0.6 is 22.9 Å². The van der Waals surface area contributed by atoms with Crippen LogP contribution in [0.1, 0.15) is 55.3 Å². The predicted molar refractivity (Wildman–Crippen MR) is 80.5 cm³/mol. The van der Waals surface area contributed by atoms with Crippen molar-refractivity contribution in [3.63, 3.8) is 0 Å². The minimum absolute atomic E-state index is 0.0356. The first-order chi connectivity index (χ1) is 8.94. The number of aromatic amines is 1. The summed E-state index contributed by atoms with van der Waals surface area (Å²) >= 11 is 7.84. The number of nitrogens with one attached hydrogen (secondary N) is 1. The van der Waals surface area contributed by atoms with Gasteiger partial charge in [-0.25, -0.2) is 4.98 Å². The maximum absolute atomic E-state index is 12.4. The SMILES string of the molecule is CCC(Cl)c1nc2sc3c(c2c(=O)[nH]1)C(C)(C)CC3. The van der Waals surface area contributed by atoms with E-state index in [0.29, 0.717) is 5.82 Å². The summed E-state index contributed by atoms with van der Waals surface area (Å²) in [6.07, 6.45) is 2.92. The highest BCUT2D eigenvalue weighted by Crippen LogP contribution is 2.45. The van der Waals surface area contributed by atoms with Crippen molar-refractivity contribution in [2.45, 2.75) is 50.8 Å². The van der Waals surface area contributed by atoms with Crippen molar-refractivity contribution < 1.29 is 0 Å². The summed E-state index contributed by atoms with van der Waals surface area (Å²) in [5.41, 5.74) is 1.25. The molecule has 0 aliphatic heterocycles. The number of H-pyrrole nitrogens is 1. The van der Waals surface area contributed by atoms with Gasteiger partial charge < -0.3 is 4.98 Å². The Hall–Kier alpha value is -0.870. The second kappa shape index (κ2) is 4.32. The Balaban J connectivity index is 2.29. The summed E-state index contributed by atoms with van der Waals surface area (Å²) in [6, 6.07) is 0. The zero-order chi connectivity index (χ0) is 13.8. The first-order valence-corrected chi connectivity index (χ1v) is 7.89. The molecule has 0 spiro atoms. The number of hydrogen-bond acceptors (Lipinski definition) is 3. The van der Waals surface area contributed by atoms with E-state index in [1.807, 2.05) is 6.92 Å². The van der Waals surface area contributed by atoms with E-state index in [1.54, 1.807) is 11.3 Å². The molecule has 2 heterocycles. The average Bonchev–Trinajstić information content (AvgIpc) is 2.86. The highest BCUT2D eigenvalue weighted by molar-refractivity contribution is 7.18. The third-order valence-electron chi connectivity index (χ3n) is 3.96. The molecule has 3 rings (SSSR count). The fourth-order valence-corrected chi connectivity index (χ4v) is 4.32. The van der Waals surface area contributed by atoms with Crippen LogP contribution in [0, 0.1) is 0 Å². The molecular weight excluding hydrogens is 280 g/mol. The highest BCUT2D eigenvalue weighted by atomic mass is 35.5. The number of aryl methyl sites for hydroxylation is 1. The van der Waals surface area contributed by atoms with Crippen LogP contribution in [0.2, 0.25) is 0 Å². The molecule has 0 radical (unpaired) electrons. The average molecular weight is 297 g/mol. The summed E-state index contributed by atoms with van der Waals surface area (Å²) in [5, 5.41) is 0.563. The van der Waals surface area contributed by atoms with Gasteiger partial charge in [0.2, 0.25) is 0 Å². The van der Waals surface area contributed by atoms with Gasteiger partial charge in [0.15, 0.2) is 0 Å². The summed E-state index contributed by atoms with van der Waals surface area (Å²) in [7, 11) is 0. The van der Waals surface area contributed by atoms with E-state index in [-0.39, 0.29) is 16.4 Å². The molecule has 3 nitrogen and oxygen atoms in total. The largest absolute Gasteiger partial charge is 0.309 e. The molecule has 1 atom stereocenters. The monoisotopic (exact) mass is 296 g/mol. The minimum Gasteiger partial charge on any atom is -0.309 e. The lowest BCUT2D eigenvalue weighted by atomic mass is 9.86. The normalized spacial score (nSPS) is 18.7. The van der Waals surface area contributed by atoms with Crippen LogP contribution in [0.25, 0.3) is 10.2 Å². The highest BCUT2D eigenvalue weighted by Gasteiger charge is 2.35. The zero-order valence-electron chi connectivity index (χ0n) is 11.3. The molecular formula is C14H17ClN2OS. The fourth-order valence-electron chi connectivity index (χ4n) is 2.86. The molecule has 2 aromatic rings. The van der Waals surface area contributed by atoms with Gasteiger partial charge in [-0.15, -0.1) is 22.9 Å². The number of fused-ring (bicyclic) bond motifs is 3. The molecule has 19 heavy (non-hydrogen) atoms. The third-order valence-corrected chi connectivity index (χ3v) is 5.62. The van der Waals surface area contributed by atoms with Crippen LogP contribution < -0.4 is 5.56 Å². The van der Waals surface area contributed by atoms with Crippen molar-refractivity contribution in [2.24, 2.45) is 0 Å². The van der Waals surface area contributed by atoms with Crippen LogP contribution in [-0.2, 0) is 11.8 Å². The molecule has 0 aromatic carbocycles. The number of thiophene rings is 1. The molecule has 0 amide bonds. The minimum atomic E-state index is -0.220. The summed E-state index contributed by atoms with van der Waals surface area (Å²) < 4.78 is 0. The Morgan fingerprint density at radius 1 is 1.53 bits per heavy atom. The van der Waals surface area contributed by atoms with Crippen LogP contribution in [0.5, 0.6) is 0 Å². The molecule has 2 aromatic heterocycles.